The molecule has 0 aromatic carbocycles. The van der Waals surface area contributed by atoms with E-state index in [4.69, 9.17) is 0 Å². The Bertz CT molecular complexity index is 86.6. The minimum absolute atomic E-state index is 0.250. The highest BCUT2D eigenvalue weighted by molar-refractivity contribution is 4.87. The number of hydrogen-bond donors (Lipinski definition) is 1. The fourth-order valence-electron chi connectivity index (χ4n) is 0.628. The molecular weight excluding hydrogens is 112 g/mol. The molecule has 0 fully saturated rings. The van der Waals surface area contributed by atoms with Crippen molar-refractivity contribution in [1.82, 2.24) is 0 Å². The van der Waals surface area contributed by atoms with Crippen molar-refractivity contribution in [3.8, 4) is 0 Å². The van der Waals surface area contributed by atoms with Gasteiger partial charge >= 0.3 is 0 Å². The molecule has 0 saturated carbocycles. The molecule has 54 valence electrons. The van der Waals surface area contributed by atoms with Crippen molar-refractivity contribution in [2.45, 2.75) is 33.3 Å². The van der Waals surface area contributed by atoms with E-state index >= 15 is 0 Å². The Hall–Kier alpha value is -0.300. The third-order valence-corrected chi connectivity index (χ3v) is 1.62. The normalized spacial score (nSPS) is 18.2. The van der Waals surface area contributed by atoms with E-state index in [0.717, 1.165) is 6.42 Å². The molecule has 0 spiro atoms. The zero-order valence-corrected chi connectivity index (χ0v) is 6.46. The van der Waals surface area contributed by atoms with E-state index in [9.17, 15) is 5.11 Å². The minimum atomic E-state index is -0.250. The SMILES string of the molecule is CC=CC(O)C(C)CC. The molecule has 0 aromatic rings. The first kappa shape index (κ1) is 8.70. The lowest BCUT2D eigenvalue weighted by atomic mass is 10.0. The van der Waals surface area contributed by atoms with E-state index in [1.807, 2.05) is 26.0 Å². The van der Waals surface area contributed by atoms with Gasteiger partial charge in [-0.2, -0.15) is 0 Å². The van der Waals surface area contributed by atoms with Gasteiger partial charge in [0.25, 0.3) is 0 Å². The Balaban J connectivity index is 3.58. The van der Waals surface area contributed by atoms with Crippen LogP contribution in [0.15, 0.2) is 12.2 Å². The van der Waals surface area contributed by atoms with Gasteiger partial charge in [0.2, 0.25) is 0 Å². The van der Waals surface area contributed by atoms with E-state index < -0.39 is 0 Å². The van der Waals surface area contributed by atoms with Gasteiger partial charge in [-0.1, -0.05) is 32.4 Å². The second kappa shape index (κ2) is 4.57. The lowest BCUT2D eigenvalue weighted by molar-refractivity contribution is 0.160. The molecule has 1 nitrogen and oxygen atoms in total. The van der Waals surface area contributed by atoms with Gasteiger partial charge in [0, 0.05) is 0 Å². The van der Waals surface area contributed by atoms with Crippen LogP contribution in [0.2, 0.25) is 0 Å². The summed E-state index contributed by atoms with van der Waals surface area (Å²) in [7, 11) is 0. The highest BCUT2D eigenvalue weighted by Crippen LogP contribution is 2.07. The van der Waals surface area contributed by atoms with Gasteiger partial charge in [0.15, 0.2) is 0 Å². The first-order valence-corrected chi connectivity index (χ1v) is 3.53. The van der Waals surface area contributed by atoms with E-state index in [-0.39, 0.29) is 6.10 Å². The molecule has 9 heavy (non-hydrogen) atoms. The van der Waals surface area contributed by atoms with Crippen LogP contribution in [0.4, 0.5) is 0 Å². The molecule has 0 radical (unpaired) electrons. The second-order valence-corrected chi connectivity index (χ2v) is 2.40. The summed E-state index contributed by atoms with van der Waals surface area (Å²) in [5.41, 5.74) is 0. The predicted molar refractivity (Wildman–Crippen MR) is 40.3 cm³/mol. The zero-order valence-electron chi connectivity index (χ0n) is 6.46. The van der Waals surface area contributed by atoms with Gasteiger partial charge in [-0.15, -0.1) is 0 Å². The standard InChI is InChI=1S/C8H16O/c1-4-6-8(9)7(3)5-2/h4,6-9H,5H2,1-3H3. The van der Waals surface area contributed by atoms with Crippen LogP contribution in [-0.2, 0) is 0 Å². The van der Waals surface area contributed by atoms with Crippen molar-refractivity contribution >= 4 is 0 Å². The maximum Gasteiger partial charge on any atom is 0.0746 e. The van der Waals surface area contributed by atoms with Crippen LogP contribution in [0, 0.1) is 5.92 Å². The Labute approximate surface area is 57.4 Å². The van der Waals surface area contributed by atoms with E-state index in [0.29, 0.717) is 5.92 Å². The molecule has 0 rings (SSSR count). The van der Waals surface area contributed by atoms with E-state index in [1.54, 1.807) is 0 Å². The molecule has 0 aliphatic heterocycles. The van der Waals surface area contributed by atoms with Gasteiger partial charge < -0.3 is 5.11 Å². The first-order valence-electron chi connectivity index (χ1n) is 3.53. The summed E-state index contributed by atoms with van der Waals surface area (Å²) in [4.78, 5) is 0. The number of allylic oxidation sites excluding steroid dienone is 1. The summed E-state index contributed by atoms with van der Waals surface area (Å²) in [5.74, 6) is 0.390. The number of aliphatic hydroxyl groups excluding tert-OH is 1. The largest absolute Gasteiger partial charge is 0.389 e. The van der Waals surface area contributed by atoms with Crippen LogP contribution < -0.4 is 0 Å². The lowest BCUT2D eigenvalue weighted by Crippen LogP contribution is -2.12. The third-order valence-electron chi connectivity index (χ3n) is 1.62. The maximum absolute atomic E-state index is 9.23. The predicted octanol–water partition coefficient (Wildman–Crippen LogP) is 1.97. The molecular formula is C8H16O. The van der Waals surface area contributed by atoms with E-state index in [1.165, 1.54) is 0 Å². The summed E-state index contributed by atoms with van der Waals surface area (Å²) >= 11 is 0. The number of rotatable bonds is 3. The molecule has 2 atom stereocenters. The van der Waals surface area contributed by atoms with Crippen molar-refractivity contribution in [2.24, 2.45) is 5.92 Å². The highest BCUT2D eigenvalue weighted by Gasteiger charge is 2.06. The zero-order chi connectivity index (χ0) is 7.28. The van der Waals surface area contributed by atoms with Crippen LogP contribution in [0.1, 0.15) is 27.2 Å². The molecule has 0 saturated heterocycles. The minimum Gasteiger partial charge on any atom is -0.389 e. The molecule has 0 aromatic heterocycles. The first-order chi connectivity index (χ1) is 4.22. The maximum atomic E-state index is 9.23. The molecule has 1 N–H and O–H groups in total. The van der Waals surface area contributed by atoms with Gasteiger partial charge in [0.05, 0.1) is 6.10 Å². The van der Waals surface area contributed by atoms with Gasteiger partial charge in [0.1, 0.15) is 0 Å². The fraction of sp³-hybridized carbons (Fsp3) is 0.750. The van der Waals surface area contributed by atoms with Crippen molar-refractivity contribution in [3.63, 3.8) is 0 Å². The van der Waals surface area contributed by atoms with Crippen molar-refractivity contribution in [2.75, 3.05) is 0 Å². The molecule has 0 bridgehead atoms. The summed E-state index contributed by atoms with van der Waals surface area (Å²) in [5, 5.41) is 9.23. The Kier molecular flexibility index (Phi) is 4.41. The van der Waals surface area contributed by atoms with Crippen molar-refractivity contribution in [3.05, 3.63) is 12.2 Å². The summed E-state index contributed by atoms with van der Waals surface area (Å²) in [6, 6.07) is 0. The molecule has 0 heterocycles. The van der Waals surface area contributed by atoms with Gasteiger partial charge in [-0.25, -0.2) is 0 Å². The Morgan fingerprint density at radius 2 is 2.11 bits per heavy atom. The number of aliphatic hydroxyl groups is 1. The fourth-order valence-corrected chi connectivity index (χ4v) is 0.628. The summed E-state index contributed by atoms with van der Waals surface area (Å²) in [6.07, 6.45) is 4.50. The topological polar surface area (TPSA) is 20.2 Å². The molecule has 2 unspecified atom stereocenters. The molecule has 0 amide bonds. The van der Waals surface area contributed by atoms with Crippen LogP contribution in [0.3, 0.4) is 0 Å². The average molecular weight is 128 g/mol. The Morgan fingerprint density at radius 1 is 1.56 bits per heavy atom. The highest BCUT2D eigenvalue weighted by atomic mass is 16.3. The van der Waals surface area contributed by atoms with Crippen LogP contribution in [0.25, 0.3) is 0 Å². The molecule has 0 aliphatic carbocycles. The average Bonchev–Trinajstić information content (AvgIpc) is 1.87. The smallest absolute Gasteiger partial charge is 0.0746 e. The van der Waals surface area contributed by atoms with Crippen molar-refractivity contribution < 1.29 is 5.11 Å². The quantitative estimate of drug-likeness (QED) is 0.576. The van der Waals surface area contributed by atoms with Gasteiger partial charge in [-0.05, 0) is 12.8 Å². The van der Waals surface area contributed by atoms with Crippen LogP contribution in [0.5, 0.6) is 0 Å². The third kappa shape index (κ3) is 3.31. The molecule has 0 aliphatic rings. The molecule has 1 heteroatoms. The second-order valence-electron chi connectivity index (χ2n) is 2.40. The summed E-state index contributed by atoms with van der Waals surface area (Å²) < 4.78 is 0. The monoisotopic (exact) mass is 128 g/mol. The Morgan fingerprint density at radius 3 is 2.44 bits per heavy atom. The van der Waals surface area contributed by atoms with Crippen LogP contribution in [-0.4, -0.2) is 11.2 Å². The number of hydrogen-bond acceptors (Lipinski definition) is 1. The van der Waals surface area contributed by atoms with E-state index in [2.05, 4.69) is 6.92 Å². The van der Waals surface area contributed by atoms with Crippen LogP contribution >= 0.6 is 0 Å². The summed E-state index contributed by atoms with van der Waals surface area (Å²) in [6.45, 7) is 6.05. The van der Waals surface area contributed by atoms with Gasteiger partial charge in [-0.3, -0.25) is 0 Å². The van der Waals surface area contributed by atoms with Crippen molar-refractivity contribution in [1.29, 1.82) is 0 Å². The lowest BCUT2D eigenvalue weighted by Gasteiger charge is -2.11.